The molecule has 0 saturated carbocycles. The van der Waals surface area contributed by atoms with Crippen LogP contribution in [0.25, 0.3) is 21.8 Å². The summed E-state index contributed by atoms with van der Waals surface area (Å²) in [5.41, 5.74) is 3.18. The quantitative estimate of drug-likeness (QED) is 0.572. The average molecular weight is 433 g/mol. The van der Waals surface area contributed by atoms with Gasteiger partial charge in [0.25, 0.3) is 5.91 Å². The van der Waals surface area contributed by atoms with Gasteiger partial charge in [-0.3, -0.25) is 14.6 Å². The number of benzene rings is 2. The van der Waals surface area contributed by atoms with Crippen LogP contribution in [-0.2, 0) is 17.9 Å². The zero-order chi connectivity index (χ0) is 22.6. The molecule has 0 N–H and O–H groups in total. The number of imide groups is 1. The van der Waals surface area contributed by atoms with Crippen molar-refractivity contribution in [3.63, 3.8) is 0 Å². The second-order valence-corrected chi connectivity index (χ2v) is 9.53. The summed E-state index contributed by atoms with van der Waals surface area (Å²) in [4.78, 5) is 31.4. The fraction of sp³-hybridized carbons (Fsp3) is 0.462. The Balaban J connectivity index is 1.36. The van der Waals surface area contributed by atoms with E-state index in [1.165, 1.54) is 32.3 Å². The van der Waals surface area contributed by atoms with Gasteiger partial charge in [0.15, 0.2) is 0 Å². The summed E-state index contributed by atoms with van der Waals surface area (Å²) >= 11 is 0. The number of piperidine rings is 1. The fourth-order valence-electron chi connectivity index (χ4n) is 5.68. The Morgan fingerprint density at radius 3 is 2.31 bits per heavy atom. The zero-order valence-corrected chi connectivity index (χ0v) is 19.5. The van der Waals surface area contributed by atoms with Gasteiger partial charge in [0.05, 0.1) is 0 Å². The zero-order valence-electron chi connectivity index (χ0n) is 19.5. The van der Waals surface area contributed by atoms with Gasteiger partial charge in [0.2, 0.25) is 0 Å². The minimum atomic E-state index is -0.670. The Hall–Kier alpha value is -2.86. The summed E-state index contributed by atoms with van der Waals surface area (Å²) < 4.78 is 2.37. The van der Waals surface area contributed by atoms with Crippen LogP contribution >= 0.6 is 0 Å². The number of para-hydroxylation sites is 1. The predicted molar refractivity (Wildman–Crippen MR) is 128 cm³/mol. The molecular formula is C26H32N4O2. The van der Waals surface area contributed by atoms with E-state index in [-0.39, 0.29) is 18.0 Å². The number of aryl methyl sites for hydroxylation is 1. The van der Waals surface area contributed by atoms with Crippen LogP contribution < -0.4 is 0 Å². The first-order chi connectivity index (χ1) is 15.4. The number of rotatable bonds is 4. The summed E-state index contributed by atoms with van der Waals surface area (Å²) in [7, 11) is 1.79. The molecule has 2 aliphatic heterocycles. The van der Waals surface area contributed by atoms with Crippen molar-refractivity contribution in [2.24, 2.45) is 0 Å². The third-order valence-corrected chi connectivity index (χ3v) is 7.51. The molecule has 2 fully saturated rings. The first kappa shape index (κ1) is 21.0. The van der Waals surface area contributed by atoms with E-state index in [9.17, 15) is 9.59 Å². The number of nitrogens with zero attached hydrogens (tertiary/aromatic N) is 4. The lowest BCUT2D eigenvalue weighted by Gasteiger charge is -2.40. The van der Waals surface area contributed by atoms with Crippen LogP contribution in [-0.4, -0.2) is 62.9 Å². The number of carbonyl (C=O) groups is 2. The molecule has 3 heterocycles. The molecule has 1 aromatic heterocycles. The number of likely N-dealkylation sites (N-methyl/N-ethyl adjacent to an activating group) is 1. The molecule has 0 unspecified atom stereocenters. The van der Waals surface area contributed by atoms with Gasteiger partial charge in [-0.25, -0.2) is 4.79 Å². The molecule has 0 atom stereocenters. The molecule has 0 radical (unpaired) electrons. The Morgan fingerprint density at radius 1 is 0.969 bits per heavy atom. The van der Waals surface area contributed by atoms with Crippen molar-refractivity contribution < 1.29 is 9.59 Å². The summed E-state index contributed by atoms with van der Waals surface area (Å²) in [6, 6.07) is 15.1. The molecule has 0 aliphatic carbocycles. The van der Waals surface area contributed by atoms with Gasteiger partial charge in [-0.2, -0.15) is 0 Å². The van der Waals surface area contributed by atoms with Crippen molar-refractivity contribution in [2.75, 3.05) is 20.1 Å². The number of aromatic nitrogens is 1. The number of fused-ring (bicyclic) bond motifs is 3. The van der Waals surface area contributed by atoms with E-state index < -0.39 is 5.54 Å². The molecule has 1 spiro atoms. The highest BCUT2D eigenvalue weighted by Crippen LogP contribution is 2.37. The average Bonchev–Trinajstić information content (AvgIpc) is 3.20. The van der Waals surface area contributed by atoms with Crippen LogP contribution in [0.15, 0.2) is 42.5 Å². The van der Waals surface area contributed by atoms with E-state index in [1.54, 1.807) is 11.9 Å². The van der Waals surface area contributed by atoms with E-state index in [0.717, 1.165) is 26.2 Å². The number of hydrogen-bond donors (Lipinski definition) is 0. The maximum Gasteiger partial charge on any atom is 0.327 e. The number of urea groups is 1. The maximum atomic E-state index is 13.2. The molecule has 168 valence electrons. The van der Waals surface area contributed by atoms with E-state index in [1.807, 2.05) is 13.8 Å². The lowest BCUT2D eigenvalue weighted by atomic mass is 9.86. The largest absolute Gasteiger partial charge is 0.341 e. The van der Waals surface area contributed by atoms with Crippen LogP contribution in [0.1, 0.15) is 39.2 Å². The fourth-order valence-corrected chi connectivity index (χ4v) is 5.68. The van der Waals surface area contributed by atoms with Crippen molar-refractivity contribution in [3.8, 4) is 0 Å². The molecule has 32 heavy (non-hydrogen) atoms. The van der Waals surface area contributed by atoms with Gasteiger partial charge >= 0.3 is 6.03 Å². The molecule has 6 nitrogen and oxygen atoms in total. The molecule has 2 saturated heterocycles. The molecule has 3 aromatic rings. The van der Waals surface area contributed by atoms with Crippen molar-refractivity contribution in [2.45, 2.75) is 58.3 Å². The Bertz CT molecular complexity index is 1200. The third-order valence-electron chi connectivity index (χ3n) is 7.51. The highest BCUT2D eigenvalue weighted by molar-refractivity contribution is 6.08. The smallest absolute Gasteiger partial charge is 0.327 e. The third kappa shape index (κ3) is 2.96. The van der Waals surface area contributed by atoms with Gasteiger partial charge < -0.3 is 9.47 Å². The topological polar surface area (TPSA) is 48.8 Å². The highest BCUT2D eigenvalue weighted by Gasteiger charge is 2.56. The van der Waals surface area contributed by atoms with Gasteiger partial charge in [-0.15, -0.1) is 0 Å². The SMILES string of the molecule is CCn1c2ccccc2c2cc(CN3CCC4(CC3)C(=O)N(C(C)C)C(=O)N4C)ccc21. The Morgan fingerprint density at radius 2 is 1.66 bits per heavy atom. The molecule has 2 aliphatic rings. The number of carbonyl (C=O) groups excluding carboxylic acids is 2. The van der Waals surface area contributed by atoms with Gasteiger partial charge in [0, 0.05) is 61.1 Å². The van der Waals surface area contributed by atoms with Crippen LogP contribution in [0.3, 0.4) is 0 Å². The number of amides is 3. The second kappa shape index (κ2) is 7.62. The van der Waals surface area contributed by atoms with Crippen molar-refractivity contribution >= 4 is 33.7 Å². The molecule has 0 bridgehead atoms. The minimum absolute atomic E-state index is 0.0200. The minimum Gasteiger partial charge on any atom is -0.341 e. The lowest BCUT2D eigenvalue weighted by molar-refractivity contribution is -0.136. The van der Waals surface area contributed by atoms with Crippen molar-refractivity contribution in [1.29, 1.82) is 0 Å². The molecule has 6 heteroatoms. The lowest BCUT2D eigenvalue weighted by Crippen LogP contribution is -2.55. The van der Waals surface area contributed by atoms with Gasteiger partial charge in [0.1, 0.15) is 5.54 Å². The monoisotopic (exact) mass is 432 g/mol. The summed E-state index contributed by atoms with van der Waals surface area (Å²) in [5.74, 6) is -0.0200. The second-order valence-electron chi connectivity index (χ2n) is 9.53. The predicted octanol–water partition coefficient (Wildman–Crippen LogP) is 4.45. The first-order valence-electron chi connectivity index (χ1n) is 11.7. The van der Waals surface area contributed by atoms with Crippen molar-refractivity contribution in [1.82, 2.24) is 19.3 Å². The van der Waals surface area contributed by atoms with Crippen LogP contribution in [0, 0.1) is 0 Å². The van der Waals surface area contributed by atoms with Gasteiger partial charge in [-0.05, 0) is 57.4 Å². The normalized spacial score (nSPS) is 19.4. The molecule has 2 aromatic carbocycles. The standard InChI is InChI=1S/C26H32N4O2/c1-5-29-22-9-7-6-8-20(22)21-16-19(10-11-23(21)29)17-28-14-12-26(13-15-28)24(31)30(18(2)3)25(32)27(26)4/h6-11,16,18H,5,12-15,17H2,1-4H3. The Kier molecular flexibility index (Phi) is 5.01. The first-order valence-corrected chi connectivity index (χ1v) is 11.7. The maximum absolute atomic E-state index is 13.2. The highest BCUT2D eigenvalue weighted by atomic mass is 16.2. The molecule has 3 amide bonds. The van der Waals surface area contributed by atoms with E-state index >= 15 is 0 Å². The van der Waals surface area contributed by atoms with E-state index in [2.05, 4.69) is 58.9 Å². The summed E-state index contributed by atoms with van der Waals surface area (Å²) in [5, 5.41) is 2.60. The van der Waals surface area contributed by atoms with E-state index in [4.69, 9.17) is 0 Å². The summed E-state index contributed by atoms with van der Waals surface area (Å²) in [6.07, 6.45) is 1.38. The van der Waals surface area contributed by atoms with E-state index in [0.29, 0.717) is 12.8 Å². The van der Waals surface area contributed by atoms with Crippen LogP contribution in [0.5, 0.6) is 0 Å². The number of likely N-dealkylation sites (tertiary alicyclic amines) is 1. The van der Waals surface area contributed by atoms with Gasteiger partial charge in [-0.1, -0.05) is 24.3 Å². The molecular weight excluding hydrogens is 400 g/mol. The van der Waals surface area contributed by atoms with Crippen molar-refractivity contribution in [3.05, 3.63) is 48.0 Å². The van der Waals surface area contributed by atoms with Crippen LogP contribution in [0.4, 0.5) is 4.79 Å². The molecule has 5 rings (SSSR count). The van der Waals surface area contributed by atoms with Crippen LogP contribution in [0.2, 0.25) is 0 Å². The number of hydrogen-bond acceptors (Lipinski definition) is 3. The Labute approximate surface area is 189 Å². The summed E-state index contributed by atoms with van der Waals surface area (Å²) in [6.45, 7) is 9.43.